The first-order chi connectivity index (χ1) is 34.6. The fourth-order valence-corrected chi connectivity index (χ4v) is 10.6. The minimum Gasteiger partial charge on any atom is -0.465 e. The predicted molar refractivity (Wildman–Crippen MR) is 302 cm³/mol. The first-order valence-corrected chi connectivity index (χ1v) is 31.8. The lowest BCUT2D eigenvalue weighted by Gasteiger charge is -2.27. The molecule has 0 aromatic heterocycles. The Hall–Kier alpha value is -1.40. The standard InChI is InChI=1S/C64H122O6/c1-2-3-4-5-6-7-8-9-10-11-12-13-14-15-16-17-18-19-20-21-22-23-24-25-26-27-28-29-30-31-32-33-34-35-36-37-38-39-40-41-42-43-44-45-46-47-48-49-50-51-52-53-54-55-61-56-62(67)69-59-64(57-65,58-66)60-70-63(61)68/h7-8,61,65-66H,2-6,9-60H2,1H3/b8-7+. The zero-order chi connectivity index (χ0) is 50.4. The second-order valence-electron chi connectivity index (χ2n) is 22.8. The monoisotopic (exact) mass is 987 g/mol. The lowest BCUT2D eigenvalue weighted by molar-refractivity contribution is -0.155. The molecule has 414 valence electrons. The van der Waals surface area contributed by atoms with Gasteiger partial charge < -0.3 is 19.7 Å². The SMILES string of the molecule is CCCCCC/C=C/CCCCCCCCCCCCCCCCCCCCCCCCCCCCCCCCCCCCCCCCCCCCCCCC1CC(=O)OCC(CO)(CO)COC1=O. The number of aliphatic hydroxyl groups is 2. The van der Waals surface area contributed by atoms with Gasteiger partial charge in [-0.1, -0.05) is 321 Å². The number of carbonyl (C=O) groups is 2. The molecule has 0 saturated carbocycles. The van der Waals surface area contributed by atoms with Gasteiger partial charge in [0.15, 0.2) is 0 Å². The third-order valence-electron chi connectivity index (χ3n) is 15.8. The van der Waals surface area contributed by atoms with Crippen LogP contribution in [0.25, 0.3) is 0 Å². The fourth-order valence-electron chi connectivity index (χ4n) is 10.6. The molecule has 1 rings (SSSR count). The second-order valence-corrected chi connectivity index (χ2v) is 22.8. The summed E-state index contributed by atoms with van der Waals surface area (Å²) in [5.74, 6) is -1.40. The molecule has 1 atom stereocenters. The molecule has 1 unspecified atom stereocenters. The highest BCUT2D eigenvalue weighted by Gasteiger charge is 2.36. The highest BCUT2D eigenvalue weighted by Crippen LogP contribution is 2.25. The Bertz CT molecular complexity index is 1100. The topological polar surface area (TPSA) is 93.1 Å². The maximum Gasteiger partial charge on any atom is 0.309 e. The van der Waals surface area contributed by atoms with E-state index in [9.17, 15) is 19.8 Å². The van der Waals surface area contributed by atoms with Crippen molar-refractivity contribution in [3.05, 3.63) is 12.2 Å². The quantitative estimate of drug-likeness (QED) is 0.0358. The second kappa shape index (κ2) is 53.9. The summed E-state index contributed by atoms with van der Waals surface area (Å²) in [5, 5.41) is 19.2. The molecule has 1 aliphatic heterocycles. The Balaban J connectivity index is 1.67. The van der Waals surface area contributed by atoms with E-state index in [4.69, 9.17) is 9.47 Å². The molecule has 0 aromatic rings. The van der Waals surface area contributed by atoms with Crippen molar-refractivity contribution in [3.63, 3.8) is 0 Å². The van der Waals surface area contributed by atoms with Crippen LogP contribution < -0.4 is 0 Å². The van der Waals surface area contributed by atoms with Crippen LogP contribution in [0.5, 0.6) is 0 Å². The minimum atomic E-state index is -1.12. The summed E-state index contributed by atoms with van der Waals surface area (Å²) in [5.41, 5.74) is -1.12. The summed E-state index contributed by atoms with van der Waals surface area (Å²) >= 11 is 0. The average Bonchev–Trinajstić information content (AvgIpc) is 3.43. The Morgan fingerprint density at radius 2 is 0.614 bits per heavy atom. The van der Waals surface area contributed by atoms with Gasteiger partial charge in [0.1, 0.15) is 13.2 Å². The van der Waals surface area contributed by atoms with Gasteiger partial charge in [-0.05, 0) is 32.1 Å². The molecule has 1 heterocycles. The fraction of sp³-hybridized carbons (Fsp3) is 0.938. The number of unbranched alkanes of at least 4 members (excludes halogenated alkanes) is 49. The number of aliphatic hydroxyl groups excluding tert-OH is 2. The van der Waals surface area contributed by atoms with E-state index in [2.05, 4.69) is 19.1 Å². The largest absolute Gasteiger partial charge is 0.465 e. The zero-order valence-electron chi connectivity index (χ0n) is 47.1. The smallest absolute Gasteiger partial charge is 0.309 e. The number of hydrogen-bond acceptors (Lipinski definition) is 6. The van der Waals surface area contributed by atoms with E-state index in [-0.39, 0.29) is 19.6 Å². The van der Waals surface area contributed by atoms with Gasteiger partial charge in [0.2, 0.25) is 0 Å². The van der Waals surface area contributed by atoms with E-state index in [1.165, 1.54) is 308 Å². The number of hydrogen-bond donors (Lipinski definition) is 2. The molecule has 1 fully saturated rings. The summed E-state index contributed by atoms with van der Waals surface area (Å²) < 4.78 is 10.6. The molecule has 1 saturated heterocycles. The van der Waals surface area contributed by atoms with Gasteiger partial charge in [-0.3, -0.25) is 9.59 Å². The van der Waals surface area contributed by atoms with Crippen LogP contribution in [-0.2, 0) is 19.1 Å². The Morgan fingerprint density at radius 3 is 0.886 bits per heavy atom. The lowest BCUT2D eigenvalue weighted by atomic mass is 9.92. The van der Waals surface area contributed by atoms with E-state index < -0.39 is 36.5 Å². The van der Waals surface area contributed by atoms with E-state index >= 15 is 0 Å². The Labute approximate surface area is 436 Å². The van der Waals surface area contributed by atoms with Crippen LogP contribution in [0.2, 0.25) is 0 Å². The number of allylic oxidation sites excluding steroid dienone is 2. The molecule has 0 aliphatic carbocycles. The lowest BCUT2D eigenvalue weighted by Crippen LogP contribution is -2.40. The number of esters is 2. The number of ether oxygens (including phenoxy) is 2. The number of cyclic esters (lactones) is 2. The molecular weight excluding hydrogens is 865 g/mol. The van der Waals surface area contributed by atoms with Gasteiger partial charge in [-0.25, -0.2) is 0 Å². The van der Waals surface area contributed by atoms with Gasteiger partial charge >= 0.3 is 11.9 Å². The van der Waals surface area contributed by atoms with Crippen molar-refractivity contribution in [2.75, 3.05) is 26.4 Å². The van der Waals surface area contributed by atoms with Crippen LogP contribution in [0.1, 0.15) is 347 Å². The van der Waals surface area contributed by atoms with Crippen LogP contribution in [0.3, 0.4) is 0 Å². The molecular formula is C64H122O6. The minimum absolute atomic E-state index is 0.00518. The summed E-state index contributed by atoms with van der Waals surface area (Å²) in [7, 11) is 0. The number of carbonyl (C=O) groups excluding carboxylic acids is 2. The van der Waals surface area contributed by atoms with Gasteiger partial charge in [0.25, 0.3) is 0 Å². The van der Waals surface area contributed by atoms with Gasteiger partial charge in [0, 0.05) is 0 Å². The molecule has 0 amide bonds. The van der Waals surface area contributed by atoms with Crippen LogP contribution in [0.4, 0.5) is 0 Å². The maximum atomic E-state index is 12.5. The molecule has 0 bridgehead atoms. The van der Waals surface area contributed by atoms with Crippen molar-refractivity contribution >= 4 is 11.9 Å². The van der Waals surface area contributed by atoms with Crippen molar-refractivity contribution < 1.29 is 29.3 Å². The van der Waals surface area contributed by atoms with Gasteiger partial charge in [-0.15, -0.1) is 0 Å². The van der Waals surface area contributed by atoms with Crippen LogP contribution in [0, 0.1) is 11.3 Å². The molecule has 1 aliphatic rings. The summed E-state index contributed by atoms with van der Waals surface area (Å²) in [6, 6.07) is 0. The first-order valence-electron chi connectivity index (χ1n) is 31.8. The van der Waals surface area contributed by atoms with E-state index in [1.807, 2.05) is 0 Å². The van der Waals surface area contributed by atoms with E-state index in [0.29, 0.717) is 6.42 Å². The molecule has 70 heavy (non-hydrogen) atoms. The van der Waals surface area contributed by atoms with Crippen molar-refractivity contribution in [1.82, 2.24) is 0 Å². The molecule has 6 nitrogen and oxygen atoms in total. The molecule has 6 heteroatoms. The highest BCUT2D eigenvalue weighted by molar-refractivity contribution is 5.80. The average molecular weight is 988 g/mol. The molecule has 0 aromatic carbocycles. The van der Waals surface area contributed by atoms with Gasteiger partial charge in [0.05, 0.1) is 31.0 Å². The molecule has 0 radical (unpaired) electrons. The summed E-state index contributed by atoms with van der Waals surface area (Å²) in [6.45, 7) is 1.20. The normalized spacial score (nSPS) is 15.3. The van der Waals surface area contributed by atoms with Crippen LogP contribution >= 0.6 is 0 Å². The third kappa shape index (κ3) is 45.2. The predicted octanol–water partition coefficient (Wildman–Crippen LogP) is 19.9. The van der Waals surface area contributed by atoms with Crippen molar-refractivity contribution in [3.8, 4) is 0 Å². The Morgan fingerprint density at radius 1 is 0.371 bits per heavy atom. The summed E-state index contributed by atoms with van der Waals surface area (Å²) in [4.78, 5) is 24.7. The van der Waals surface area contributed by atoms with Crippen molar-refractivity contribution in [1.29, 1.82) is 0 Å². The molecule has 0 spiro atoms. The number of rotatable bonds is 55. The maximum absolute atomic E-state index is 12.5. The van der Waals surface area contributed by atoms with E-state index in [0.717, 1.165) is 19.3 Å². The van der Waals surface area contributed by atoms with Gasteiger partial charge in [-0.2, -0.15) is 0 Å². The van der Waals surface area contributed by atoms with E-state index in [1.54, 1.807) is 0 Å². The van der Waals surface area contributed by atoms with Crippen LogP contribution in [-0.4, -0.2) is 48.6 Å². The van der Waals surface area contributed by atoms with Crippen molar-refractivity contribution in [2.45, 2.75) is 347 Å². The summed E-state index contributed by atoms with van der Waals surface area (Å²) in [6.07, 6.45) is 77.2. The Kier molecular flexibility index (Phi) is 51.3. The molecule has 2 N–H and O–H groups in total. The highest BCUT2D eigenvalue weighted by atomic mass is 16.6. The first kappa shape index (κ1) is 66.6. The van der Waals surface area contributed by atoms with Crippen molar-refractivity contribution in [2.24, 2.45) is 11.3 Å². The third-order valence-corrected chi connectivity index (χ3v) is 15.8. The zero-order valence-corrected chi connectivity index (χ0v) is 47.1. The van der Waals surface area contributed by atoms with Crippen LogP contribution in [0.15, 0.2) is 12.2 Å².